The number of hydrogen-bond donors (Lipinski definition) is 0. The van der Waals surface area contributed by atoms with Crippen molar-refractivity contribution in [2.75, 3.05) is 0 Å². The van der Waals surface area contributed by atoms with Crippen LogP contribution in [0.1, 0.15) is 24.5 Å². The third-order valence-electron chi connectivity index (χ3n) is 1.83. The predicted molar refractivity (Wildman–Crippen MR) is 57.7 cm³/mol. The van der Waals surface area contributed by atoms with Gasteiger partial charge in [-0.2, -0.15) is 0 Å². The summed E-state index contributed by atoms with van der Waals surface area (Å²) in [6.07, 6.45) is 2.28. The molecule has 12 heavy (non-hydrogen) atoms. The van der Waals surface area contributed by atoms with Gasteiger partial charge in [0.25, 0.3) is 0 Å². The highest BCUT2D eigenvalue weighted by molar-refractivity contribution is 9.10. The predicted octanol–water partition coefficient (Wildman–Crippen LogP) is 4.14. The number of alkyl halides is 1. The minimum Gasteiger partial charge on any atom is -0.122 e. The first-order chi connectivity index (χ1) is 5.77. The van der Waals surface area contributed by atoms with Crippen molar-refractivity contribution >= 4 is 27.5 Å². The number of hydrogen-bond acceptors (Lipinski definition) is 0. The molecule has 0 radical (unpaired) electrons. The van der Waals surface area contributed by atoms with Crippen molar-refractivity contribution in [2.24, 2.45) is 0 Å². The van der Waals surface area contributed by atoms with E-state index in [1.165, 1.54) is 17.5 Å². The molecule has 0 saturated heterocycles. The fourth-order valence-electron chi connectivity index (χ4n) is 1.23. The molecule has 0 aliphatic carbocycles. The fraction of sp³-hybridized carbons (Fsp3) is 0.400. The third-order valence-corrected chi connectivity index (χ3v) is 2.61. The molecule has 0 bridgehead atoms. The molecule has 0 nitrogen and oxygen atoms in total. The Labute approximate surface area is 87.1 Å². The average molecular weight is 248 g/mol. The zero-order valence-corrected chi connectivity index (χ0v) is 9.45. The largest absolute Gasteiger partial charge is 0.122 e. The monoisotopic (exact) mass is 246 g/mol. The highest BCUT2D eigenvalue weighted by atomic mass is 79.9. The lowest BCUT2D eigenvalue weighted by atomic mass is 10.0. The molecule has 0 heterocycles. The van der Waals surface area contributed by atoms with Gasteiger partial charge in [0, 0.05) is 10.4 Å². The highest BCUT2D eigenvalue weighted by Gasteiger charge is 2.00. The third kappa shape index (κ3) is 2.49. The second-order valence-corrected chi connectivity index (χ2v) is 3.98. The van der Waals surface area contributed by atoms with Crippen LogP contribution in [0.25, 0.3) is 0 Å². The second kappa shape index (κ2) is 4.88. The first-order valence-electron chi connectivity index (χ1n) is 4.11. The first kappa shape index (κ1) is 10.1. The summed E-state index contributed by atoms with van der Waals surface area (Å²) in [5.74, 6) is 0.614. The molecular formula is C10H12BrCl. The quantitative estimate of drug-likeness (QED) is 0.704. The number of halogens is 2. The minimum atomic E-state index is 0.614. The summed E-state index contributed by atoms with van der Waals surface area (Å²) in [7, 11) is 0. The van der Waals surface area contributed by atoms with Gasteiger partial charge in [0.1, 0.15) is 0 Å². The standard InChI is InChI=1S/C10H12BrCl/c1-2-3-8-6-10(11)5-4-9(8)7-12/h4-6H,2-3,7H2,1H3. The van der Waals surface area contributed by atoms with Crippen molar-refractivity contribution in [1.29, 1.82) is 0 Å². The summed E-state index contributed by atoms with van der Waals surface area (Å²) in [4.78, 5) is 0. The van der Waals surface area contributed by atoms with E-state index in [9.17, 15) is 0 Å². The van der Waals surface area contributed by atoms with E-state index >= 15 is 0 Å². The minimum absolute atomic E-state index is 0.614. The van der Waals surface area contributed by atoms with Gasteiger partial charge >= 0.3 is 0 Å². The van der Waals surface area contributed by atoms with E-state index in [-0.39, 0.29) is 0 Å². The molecule has 0 saturated carbocycles. The molecule has 0 spiro atoms. The molecule has 0 atom stereocenters. The van der Waals surface area contributed by atoms with Crippen LogP contribution in [-0.2, 0) is 12.3 Å². The molecule has 0 aliphatic heterocycles. The summed E-state index contributed by atoms with van der Waals surface area (Å²) in [5.41, 5.74) is 2.61. The molecule has 1 aromatic carbocycles. The van der Waals surface area contributed by atoms with Gasteiger partial charge in [-0.1, -0.05) is 35.3 Å². The van der Waals surface area contributed by atoms with Crippen molar-refractivity contribution in [3.05, 3.63) is 33.8 Å². The molecule has 0 N–H and O–H groups in total. The Morgan fingerprint density at radius 1 is 1.33 bits per heavy atom. The van der Waals surface area contributed by atoms with E-state index in [1.807, 2.05) is 6.07 Å². The molecule has 1 rings (SSSR count). The topological polar surface area (TPSA) is 0 Å². The molecule has 0 amide bonds. The lowest BCUT2D eigenvalue weighted by Gasteiger charge is -2.05. The zero-order valence-electron chi connectivity index (χ0n) is 7.11. The van der Waals surface area contributed by atoms with Gasteiger partial charge in [-0.25, -0.2) is 0 Å². The van der Waals surface area contributed by atoms with Crippen LogP contribution in [0.15, 0.2) is 22.7 Å². The summed E-state index contributed by atoms with van der Waals surface area (Å²) < 4.78 is 1.14. The maximum absolute atomic E-state index is 5.80. The Balaban J connectivity index is 2.95. The van der Waals surface area contributed by atoms with E-state index in [0.29, 0.717) is 5.88 Å². The van der Waals surface area contributed by atoms with Gasteiger partial charge in [-0.3, -0.25) is 0 Å². The molecule has 0 aliphatic rings. The van der Waals surface area contributed by atoms with Crippen LogP contribution in [-0.4, -0.2) is 0 Å². The number of aryl methyl sites for hydroxylation is 1. The second-order valence-electron chi connectivity index (χ2n) is 2.80. The molecular weight excluding hydrogens is 235 g/mol. The smallest absolute Gasteiger partial charge is 0.0476 e. The number of rotatable bonds is 3. The van der Waals surface area contributed by atoms with Gasteiger partial charge in [0.05, 0.1) is 0 Å². The van der Waals surface area contributed by atoms with E-state index < -0.39 is 0 Å². The van der Waals surface area contributed by atoms with Crippen LogP contribution in [0.5, 0.6) is 0 Å². The zero-order chi connectivity index (χ0) is 8.97. The van der Waals surface area contributed by atoms with Crippen LogP contribution in [0.2, 0.25) is 0 Å². The van der Waals surface area contributed by atoms with Crippen molar-refractivity contribution < 1.29 is 0 Å². The molecule has 66 valence electrons. The lowest BCUT2D eigenvalue weighted by molar-refractivity contribution is 0.909. The van der Waals surface area contributed by atoms with Crippen LogP contribution >= 0.6 is 27.5 Å². The normalized spacial score (nSPS) is 10.2. The molecule has 1 aromatic rings. The van der Waals surface area contributed by atoms with Crippen LogP contribution < -0.4 is 0 Å². The summed E-state index contributed by atoms with van der Waals surface area (Å²) in [6.45, 7) is 2.18. The Kier molecular flexibility index (Phi) is 4.10. The van der Waals surface area contributed by atoms with Crippen molar-refractivity contribution in [3.8, 4) is 0 Å². The molecule has 0 unspecified atom stereocenters. The summed E-state index contributed by atoms with van der Waals surface area (Å²) >= 11 is 9.26. The lowest BCUT2D eigenvalue weighted by Crippen LogP contribution is -1.90. The summed E-state index contributed by atoms with van der Waals surface area (Å²) in [5, 5.41) is 0. The van der Waals surface area contributed by atoms with Gasteiger partial charge in [0.15, 0.2) is 0 Å². The first-order valence-corrected chi connectivity index (χ1v) is 5.44. The Bertz CT molecular complexity index is 258. The van der Waals surface area contributed by atoms with Gasteiger partial charge in [-0.05, 0) is 29.7 Å². The van der Waals surface area contributed by atoms with Gasteiger partial charge in [0.2, 0.25) is 0 Å². The van der Waals surface area contributed by atoms with Crippen molar-refractivity contribution in [2.45, 2.75) is 25.6 Å². The van der Waals surface area contributed by atoms with Crippen LogP contribution in [0.4, 0.5) is 0 Å². The van der Waals surface area contributed by atoms with E-state index in [4.69, 9.17) is 11.6 Å². The highest BCUT2D eigenvalue weighted by Crippen LogP contribution is 2.19. The van der Waals surface area contributed by atoms with E-state index in [0.717, 1.165) is 10.9 Å². The molecule has 0 aromatic heterocycles. The van der Waals surface area contributed by atoms with E-state index in [1.54, 1.807) is 0 Å². The maximum atomic E-state index is 5.80. The fourth-order valence-corrected chi connectivity index (χ4v) is 1.90. The number of benzene rings is 1. The van der Waals surface area contributed by atoms with Crippen molar-refractivity contribution in [3.63, 3.8) is 0 Å². The Hall–Kier alpha value is -0.0100. The Morgan fingerprint density at radius 2 is 2.08 bits per heavy atom. The molecule has 0 fully saturated rings. The summed E-state index contributed by atoms with van der Waals surface area (Å²) in [6, 6.07) is 6.28. The maximum Gasteiger partial charge on any atom is 0.0476 e. The van der Waals surface area contributed by atoms with Crippen molar-refractivity contribution in [1.82, 2.24) is 0 Å². The SMILES string of the molecule is CCCc1cc(Br)ccc1CCl. The Morgan fingerprint density at radius 3 is 2.67 bits per heavy atom. The average Bonchev–Trinajstić information content (AvgIpc) is 2.05. The van der Waals surface area contributed by atoms with Gasteiger partial charge in [-0.15, -0.1) is 11.6 Å². The van der Waals surface area contributed by atoms with E-state index in [2.05, 4.69) is 35.0 Å². The van der Waals surface area contributed by atoms with Crippen LogP contribution in [0, 0.1) is 0 Å². The van der Waals surface area contributed by atoms with Gasteiger partial charge < -0.3 is 0 Å². The molecule has 2 heteroatoms. The van der Waals surface area contributed by atoms with Crippen LogP contribution in [0.3, 0.4) is 0 Å².